The van der Waals surface area contributed by atoms with Crippen molar-refractivity contribution in [3.05, 3.63) is 29.8 Å². The number of ether oxygens (including phenoxy) is 2. The Balaban J connectivity index is 2.01. The lowest BCUT2D eigenvalue weighted by molar-refractivity contribution is -0.187. The standard InChI is InChI=1S/C17H20F3NO5/c1-25-7-2-8-26-12-5-3-11(4-6-12)15(22)21-9-13(16(23)24)14(10-21)17(18,19)20/h3-6,13-14H,2,7-10H2,1H3,(H,23,24)/t13-,14-/m1/s1. The fourth-order valence-corrected chi connectivity index (χ4v) is 2.82. The zero-order valence-electron chi connectivity index (χ0n) is 14.2. The third kappa shape index (κ3) is 4.87. The second-order valence-corrected chi connectivity index (χ2v) is 6.02. The van der Waals surface area contributed by atoms with Crippen LogP contribution in [0.3, 0.4) is 0 Å². The monoisotopic (exact) mass is 375 g/mol. The smallest absolute Gasteiger partial charge is 0.394 e. The van der Waals surface area contributed by atoms with Crippen LogP contribution in [0.25, 0.3) is 0 Å². The number of carbonyl (C=O) groups excluding carboxylic acids is 1. The second-order valence-electron chi connectivity index (χ2n) is 6.02. The first-order chi connectivity index (χ1) is 12.2. The lowest BCUT2D eigenvalue weighted by Crippen LogP contribution is -2.34. The molecule has 0 spiro atoms. The van der Waals surface area contributed by atoms with E-state index in [0.29, 0.717) is 25.4 Å². The Kier molecular flexibility index (Phi) is 6.47. The molecular weight excluding hydrogens is 355 g/mol. The maximum atomic E-state index is 13.0. The molecule has 9 heteroatoms. The molecule has 26 heavy (non-hydrogen) atoms. The highest BCUT2D eigenvalue weighted by atomic mass is 19.4. The largest absolute Gasteiger partial charge is 0.494 e. The highest BCUT2D eigenvalue weighted by Gasteiger charge is 2.53. The Morgan fingerprint density at radius 1 is 1.19 bits per heavy atom. The SMILES string of the molecule is COCCCOc1ccc(C(=O)N2C[C@@H](C(F)(F)F)[C@H](C(=O)O)C2)cc1. The quantitative estimate of drug-likeness (QED) is 0.741. The first kappa shape index (κ1) is 20.0. The van der Waals surface area contributed by atoms with E-state index in [1.54, 1.807) is 19.2 Å². The van der Waals surface area contributed by atoms with Gasteiger partial charge in [0.15, 0.2) is 0 Å². The number of benzene rings is 1. The number of rotatable bonds is 7. The number of carboxylic acids is 1. The summed E-state index contributed by atoms with van der Waals surface area (Å²) in [4.78, 5) is 24.4. The van der Waals surface area contributed by atoms with E-state index in [1.165, 1.54) is 12.1 Å². The molecule has 0 aliphatic carbocycles. The summed E-state index contributed by atoms with van der Waals surface area (Å²) in [6.07, 6.45) is -3.97. The maximum absolute atomic E-state index is 13.0. The van der Waals surface area contributed by atoms with Gasteiger partial charge in [0.05, 0.1) is 18.4 Å². The van der Waals surface area contributed by atoms with E-state index in [0.717, 1.165) is 4.90 Å². The number of alkyl halides is 3. The minimum atomic E-state index is -4.67. The average molecular weight is 375 g/mol. The number of halogens is 3. The van der Waals surface area contributed by atoms with Crippen molar-refractivity contribution in [2.75, 3.05) is 33.4 Å². The van der Waals surface area contributed by atoms with Gasteiger partial charge in [-0.05, 0) is 24.3 Å². The molecule has 1 amide bonds. The number of nitrogens with zero attached hydrogens (tertiary/aromatic N) is 1. The molecular formula is C17H20F3NO5. The van der Waals surface area contributed by atoms with Crippen molar-refractivity contribution in [1.29, 1.82) is 0 Å². The molecule has 1 aromatic rings. The molecule has 1 N–H and O–H groups in total. The highest BCUT2D eigenvalue weighted by Crippen LogP contribution is 2.38. The molecule has 2 rings (SSSR count). The fourth-order valence-electron chi connectivity index (χ4n) is 2.82. The van der Waals surface area contributed by atoms with Crippen LogP contribution in [0.4, 0.5) is 13.2 Å². The van der Waals surface area contributed by atoms with Crippen LogP contribution in [0, 0.1) is 11.8 Å². The Labute approximate surface area is 148 Å². The number of carbonyl (C=O) groups is 2. The van der Waals surface area contributed by atoms with Crippen molar-refractivity contribution in [3.8, 4) is 5.75 Å². The molecule has 1 aliphatic heterocycles. The van der Waals surface area contributed by atoms with Crippen LogP contribution in [-0.2, 0) is 9.53 Å². The summed E-state index contributed by atoms with van der Waals surface area (Å²) in [6.45, 7) is -0.139. The summed E-state index contributed by atoms with van der Waals surface area (Å²) >= 11 is 0. The molecule has 0 aromatic heterocycles. The highest BCUT2D eigenvalue weighted by molar-refractivity contribution is 5.95. The van der Waals surface area contributed by atoms with Crippen molar-refractivity contribution >= 4 is 11.9 Å². The summed E-state index contributed by atoms with van der Waals surface area (Å²) < 4.78 is 49.4. The Bertz CT molecular complexity index is 632. The Morgan fingerprint density at radius 2 is 1.85 bits per heavy atom. The molecule has 1 heterocycles. The van der Waals surface area contributed by atoms with Crippen LogP contribution >= 0.6 is 0 Å². The molecule has 0 unspecified atom stereocenters. The van der Waals surface area contributed by atoms with Gasteiger partial charge in [0.1, 0.15) is 5.75 Å². The molecule has 0 radical (unpaired) electrons. The van der Waals surface area contributed by atoms with Gasteiger partial charge in [-0.15, -0.1) is 0 Å². The molecule has 1 aliphatic rings. The van der Waals surface area contributed by atoms with Gasteiger partial charge >= 0.3 is 12.1 Å². The summed E-state index contributed by atoms with van der Waals surface area (Å²) in [5.74, 6) is -5.37. The Hall–Kier alpha value is -2.29. The van der Waals surface area contributed by atoms with Crippen molar-refractivity contribution < 1.29 is 37.3 Å². The summed E-state index contributed by atoms with van der Waals surface area (Å²) in [7, 11) is 1.58. The molecule has 144 valence electrons. The van der Waals surface area contributed by atoms with Gasteiger partial charge in [0.25, 0.3) is 5.91 Å². The molecule has 1 aromatic carbocycles. The number of amides is 1. The number of methoxy groups -OCH3 is 1. The second kappa shape index (κ2) is 8.39. The minimum absolute atomic E-state index is 0.182. The van der Waals surface area contributed by atoms with Gasteiger partial charge in [0.2, 0.25) is 0 Å². The summed E-state index contributed by atoms with van der Waals surface area (Å²) in [5.41, 5.74) is 0.182. The van der Waals surface area contributed by atoms with Crippen LogP contribution in [0.2, 0.25) is 0 Å². The van der Waals surface area contributed by atoms with E-state index in [4.69, 9.17) is 14.6 Å². The van der Waals surface area contributed by atoms with Crippen molar-refractivity contribution in [3.63, 3.8) is 0 Å². The molecule has 1 fully saturated rings. The molecule has 1 saturated heterocycles. The zero-order valence-corrected chi connectivity index (χ0v) is 14.2. The zero-order chi connectivity index (χ0) is 19.3. The van der Waals surface area contributed by atoms with Crippen molar-refractivity contribution in [1.82, 2.24) is 4.90 Å². The third-order valence-electron chi connectivity index (χ3n) is 4.21. The summed E-state index contributed by atoms with van der Waals surface area (Å²) in [5, 5.41) is 9.01. The Morgan fingerprint density at radius 3 is 2.35 bits per heavy atom. The molecule has 0 bridgehead atoms. The van der Waals surface area contributed by atoms with Crippen LogP contribution in [0.5, 0.6) is 5.75 Å². The van der Waals surface area contributed by atoms with Gasteiger partial charge < -0.3 is 19.5 Å². The fraction of sp³-hybridized carbons (Fsp3) is 0.529. The lowest BCUT2D eigenvalue weighted by Gasteiger charge is -2.18. The van der Waals surface area contributed by atoms with E-state index in [9.17, 15) is 22.8 Å². The van der Waals surface area contributed by atoms with Crippen molar-refractivity contribution in [2.45, 2.75) is 12.6 Å². The van der Waals surface area contributed by atoms with Gasteiger partial charge in [0, 0.05) is 38.8 Å². The van der Waals surface area contributed by atoms with Gasteiger partial charge in [-0.25, -0.2) is 0 Å². The maximum Gasteiger partial charge on any atom is 0.394 e. The number of likely N-dealkylation sites (tertiary alicyclic amines) is 1. The van der Waals surface area contributed by atoms with Crippen LogP contribution in [0.1, 0.15) is 16.8 Å². The molecule has 2 atom stereocenters. The average Bonchev–Trinajstić information content (AvgIpc) is 3.05. The van der Waals surface area contributed by atoms with Gasteiger partial charge in [-0.3, -0.25) is 9.59 Å². The predicted octanol–water partition coefficient (Wildman–Crippen LogP) is 2.44. The van der Waals surface area contributed by atoms with Crippen molar-refractivity contribution in [2.24, 2.45) is 11.8 Å². The number of aliphatic carboxylic acids is 1. The van der Waals surface area contributed by atoms with E-state index in [2.05, 4.69) is 0 Å². The first-order valence-electron chi connectivity index (χ1n) is 8.04. The topological polar surface area (TPSA) is 76.1 Å². The molecule has 0 saturated carbocycles. The number of hydrogen-bond donors (Lipinski definition) is 1. The lowest BCUT2D eigenvalue weighted by atomic mass is 9.96. The predicted molar refractivity (Wildman–Crippen MR) is 85.0 cm³/mol. The van der Waals surface area contributed by atoms with Crippen LogP contribution in [-0.4, -0.2) is 61.5 Å². The summed E-state index contributed by atoms with van der Waals surface area (Å²) in [6, 6.07) is 5.99. The number of carboxylic acid groups (broad SMARTS) is 1. The van der Waals surface area contributed by atoms with E-state index in [1.807, 2.05) is 0 Å². The van der Waals surface area contributed by atoms with E-state index in [-0.39, 0.29) is 5.56 Å². The first-order valence-corrected chi connectivity index (χ1v) is 8.04. The van der Waals surface area contributed by atoms with Crippen LogP contribution < -0.4 is 4.74 Å². The van der Waals surface area contributed by atoms with E-state index < -0.39 is 43.0 Å². The van der Waals surface area contributed by atoms with E-state index >= 15 is 0 Å². The van der Waals surface area contributed by atoms with Gasteiger partial charge in [-0.2, -0.15) is 13.2 Å². The van der Waals surface area contributed by atoms with Gasteiger partial charge in [-0.1, -0.05) is 0 Å². The minimum Gasteiger partial charge on any atom is -0.494 e. The molecule has 6 nitrogen and oxygen atoms in total. The third-order valence-corrected chi connectivity index (χ3v) is 4.21. The van der Waals surface area contributed by atoms with Crippen LogP contribution in [0.15, 0.2) is 24.3 Å². The normalized spacial score (nSPS) is 20.2. The number of hydrogen-bond acceptors (Lipinski definition) is 4.